The normalized spacial score (nSPS) is 15.3. The molecular formula is C15H8ClF2NO. The number of hydrogen-bond donors (Lipinski definition) is 1. The second kappa shape index (κ2) is 4.72. The van der Waals surface area contributed by atoms with Crippen LogP contribution in [0.25, 0.3) is 11.6 Å². The quantitative estimate of drug-likeness (QED) is 0.787. The summed E-state index contributed by atoms with van der Waals surface area (Å²) in [6.45, 7) is 0. The standard InChI is InChI=1S/C15H8ClF2NO/c16-9-4-5-10-11(15(20)19-13(10)7-9)6-8-2-1-3-12(17)14(8)18/h1-7H,(H,19,20). The van der Waals surface area contributed by atoms with Crippen molar-refractivity contribution in [3.63, 3.8) is 0 Å². The summed E-state index contributed by atoms with van der Waals surface area (Å²) in [6, 6.07) is 8.74. The van der Waals surface area contributed by atoms with E-state index in [4.69, 9.17) is 11.6 Å². The summed E-state index contributed by atoms with van der Waals surface area (Å²) in [6.07, 6.45) is 1.33. The molecule has 0 bridgehead atoms. The largest absolute Gasteiger partial charge is 0.321 e. The second-order valence-corrected chi connectivity index (χ2v) is 4.78. The first-order valence-electron chi connectivity index (χ1n) is 5.83. The molecule has 0 aliphatic carbocycles. The van der Waals surface area contributed by atoms with Crippen molar-refractivity contribution >= 4 is 34.8 Å². The fraction of sp³-hybridized carbons (Fsp3) is 0. The van der Waals surface area contributed by atoms with E-state index in [9.17, 15) is 13.6 Å². The smallest absolute Gasteiger partial charge is 0.256 e. The zero-order chi connectivity index (χ0) is 14.3. The number of carbonyl (C=O) groups is 1. The van der Waals surface area contributed by atoms with Crippen LogP contribution in [0.15, 0.2) is 36.4 Å². The van der Waals surface area contributed by atoms with Crippen molar-refractivity contribution in [1.82, 2.24) is 0 Å². The lowest BCUT2D eigenvalue weighted by Crippen LogP contribution is -2.03. The molecule has 1 aliphatic rings. The van der Waals surface area contributed by atoms with Gasteiger partial charge < -0.3 is 5.32 Å². The molecule has 100 valence electrons. The summed E-state index contributed by atoms with van der Waals surface area (Å²) >= 11 is 5.84. The Morgan fingerprint density at radius 1 is 1.15 bits per heavy atom. The average molecular weight is 292 g/mol. The molecular weight excluding hydrogens is 284 g/mol. The van der Waals surface area contributed by atoms with Crippen LogP contribution in [0.3, 0.4) is 0 Å². The number of fused-ring (bicyclic) bond motifs is 1. The summed E-state index contributed by atoms with van der Waals surface area (Å²) < 4.78 is 26.8. The average Bonchev–Trinajstić information content (AvgIpc) is 2.70. The van der Waals surface area contributed by atoms with Crippen molar-refractivity contribution in [3.05, 3.63) is 64.2 Å². The van der Waals surface area contributed by atoms with Gasteiger partial charge in [0.2, 0.25) is 0 Å². The Morgan fingerprint density at radius 2 is 1.95 bits per heavy atom. The number of anilines is 1. The molecule has 0 saturated carbocycles. The molecule has 2 aromatic rings. The highest BCUT2D eigenvalue weighted by molar-refractivity contribution is 6.36. The summed E-state index contributed by atoms with van der Waals surface area (Å²) in [7, 11) is 0. The monoisotopic (exact) mass is 291 g/mol. The maximum absolute atomic E-state index is 13.6. The van der Waals surface area contributed by atoms with E-state index < -0.39 is 11.6 Å². The lowest BCUT2D eigenvalue weighted by atomic mass is 10.0. The highest BCUT2D eigenvalue weighted by atomic mass is 35.5. The van der Waals surface area contributed by atoms with Gasteiger partial charge >= 0.3 is 0 Å². The molecule has 1 amide bonds. The van der Waals surface area contributed by atoms with Gasteiger partial charge in [0.25, 0.3) is 5.91 Å². The highest BCUT2D eigenvalue weighted by Crippen LogP contribution is 2.35. The Bertz CT molecular complexity index is 756. The number of nitrogens with one attached hydrogen (secondary N) is 1. The molecule has 3 rings (SSSR count). The predicted molar refractivity (Wildman–Crippen MR) is 74.3 cm³/mol. The lowest BCUT2D eigenvalue weighted by molar-refractivity contribution is -0.110. The maximum Gasteiger partial charge on any atom is 0.256 e. The third-order valence-electron chi connectivity index (χ3n) is 3.05. The van der Waals surface area contributed by atoms with Gasteiger partial charge in [-0.05, 0) is 24.3 Å². The van der Waals surface area contributed by atoms with Gasteiger partial charge in [-0.15, -0.1) is 0 Å². The fourth-order valence-electron chi connectivity index (χ4n) is 2.10. The van der Waals surface area contributed by atoms with E-state index in [1.165, 1.54) is 18.2 Å². The Labute approximate surface area is 118 Å². The van der Waals surface area contributed by atoms with Crippen LogP contribution >= 0.6 is 11.6 Å². The molecule has 2 nitrogen and oxygen atoms in total. The second-order valence-electron chi connectivity index (χ2n) is 4.35. The minimum Gasteiger partial charge on any atom is -0.321 e. The molecule has 0 fully saturated rings. The minimum absolute atomic E-state index is 0.0259. The number of halogens is 3. The number of benzene rings is 2. The maximum atomic E-state index is 13.6. The van der Waals surface area contributed by atoms with Crippen LogP contribution in [0, 0.1) is 11.6 Å². The Morgan fingerprint density at radius 3 is 2.75 bits per heavy atom. The summed E-state index contributed by atoms with van der Waals surface area (Å²) in [4.78, 5) is 11.9. The third-order valence-corrected chi connectivity index (χ3v) is 3.28. The van der Waals surface area contributed by atoms with Crippen LogP contribution in [-0.2, 0) is 4.79 Å². The Balaban J connectivity index is 2.14. The van der Waals surface area contributed by atoms with Gasteiger partial charge in [-0.1, -0.05) is 29.8 Å². The van der Waals surface area contributed by atoms with Crippen LogP contribution < -0.4 is 5.32 Å². The molecule has 1 N–H and O–H groups in total. The van der Waals surface area contributed by atoms with E-state index in [1.54, 1.807) is 18.2 Å². The zero-order valence-corrected chi connectivity index (χ0v) is 10.8. The molecule has 1 aliphatic heterocycles. The lowest BCUT2D eigenvalue weighted by Gasteiger charge is -2.01. The van der Waals surface area contributed by atoms with Gasteiger partial charge in [0.15, 0.2) is 11.6 Å². The first-order chi connectivity index (χ1) is 9.56. The van der Waals surface area contributed by atoms with E-state index in [-0.39, 0.29) is 17.0 Å². The van der Waals surface area contributed by atoms with Crippen LogP contribution in [0.5, 0.6) is 0 Å². The Hall–Kier alpha value is -2.20. The molecule has 2 aromatic carbocycles. The van der Waals surface area contributed by atoms with Crippen LogP contribution in [0.4, 0.5) is 14.5 Å². The van der Waals surface area contributed by atoms with Gasteiger partial charge in [0.05, 0.1) is 5.69 Å². The highest BCUT2D eigenvalue weighted by Gasteiger charge is 2.24. The Kier molecular flexibility index (Phi) is 3.03. The SMILES string of the molecule is O=C1Nc2cc(Cl)ccc2C1=Cc1cccc(F)c1F. The molecule has 0 aromatic heterocycles. The van der Waals surface area contributed by atoms with Crippen LogP contribution in [0.1, 0.15) is 11.1 Å². The van der Waals surface area contributed by atoms with Crippen molar-refractivity contribution in [2.75, 3.05) is 5.32 Å². The molecule has 0 atom stereocenters. The third kappa shape index (κ3) is 2.08. The summed E-state index contributed by atoms with van der Waals surface area (Å²) in [5.74, 6) is -2.30. The van der Waals surface area contributed by atoms with Crippen molar-refractivity contribution in [2.45, 2.75) is 0 Å². The predicted octanol–water partition coefficient (Wildman–Crippen LogP) is 4.11. The number of carbonyl (C=O) groups excluding carboxylic acids is 1. The molecule has 0 radical (unpaired) electrons. The molecule has 20 heavy (non-hydrogen) atoms. The van der Waals surface area contributed by atoms with Crippen molar-refractivity contribution < 1.29 is 13.6 Å². The van der Waals surface area contributed by atoms with Crippen molar-refractivity contribution in [2.24, 2.45) is 0 Å². The first kappa shape index (κ1) is 12.8. The van der Waals surface area contributed by atoms with Gasteiger partial charge in [-0.3, -0.25) is 4.79 Å². The van der Waals surface area contributed by atoms with E-state index in [0.717, 1.165) is 6.07 Å². The van der Waals surface area contributed by atoms with E-state index in [0.29, 0.717) is 16.3 Å². The van der Waals surface area contributed by atoms with E-state index in [2.05, 4.69) is 5.32 Å². The number of rotatable bonds is 1. The number of amides is 1. The topological polar surface area (TPSA) is 29.1 Å². The van der Waals surface area contributed by atoms with Gasteiger partial charge in [-0.2, -0.15) is 0 Å². The van der Waals surface area contributed by atoms with E-state index >= 15 is 0 Å². The zero-order valence-electron chi connectivity index (χ0n) is 10.1. The summed E-state index contributed by atoms with van der Waals surface area (Å²) in [5, 5.41) is 3.12. The minimum atomic E-state index is -0.977. The molecule has 0 spiro atoms. The molecule has 0 unspecified atom stereocenters. The molecule has 0 saturated heterocycles. The van der Waals surface area contributed by atoms with Crippen LogP contribution in [0.2, 0.25) is 5.02 Å². The number of hydrogen-bond acceptors (Lipinski definition) is 1. The fourth-order valence-corrected chi connectivity index (χ4v) is 2.27. The van der Waals surface area contributed by atoms with Crippen LogP contribution in [-0.4, -0.2) is 5.91 Å². The molecule has 1 heterocycles. The van der Waals surface area contributed by atoms with E-state index in [1.807, 2.05) is 0 Å². The van der Waals surface area contributed by atoms with Gasteiger partial charge in [0, 0.05) is 21.7 Å². The van der Waals surface area contributed by atoms with Gasteiger partial charge in [-0.25, -0.2) is 8.78 Å². The summed E-state index contributed by atoms with van der Waals surface area (Å²) in [5.41, 5.74) is 1.48. The van der Waals surface area contributed by atoms with Crippen molar-refractivity contribution in [3.8, 4) is 0 Å². The van der Waals surface area contributed by atoms with Crippen molar-refractivity contribution in [1.29, 1.82) is 0 Å². The van der Waals surface area contributed by atoms with Gasteiger partial charge in [0.1, 0.15) is 0 Å². The first-order valence-corrected chi connectivity index (χ1v) is 6.21. The molecule has 5 heteroatoms.